The van der Waals surface area contributed by atoms with E-state index in [2.05, 4.69) is 0 Å². The van der Waals surface area contributed by atoms with E-state index in [0.29, 0.717) is 0 Å². The number of hydrogen-bond acceptors (Lipinski definition) is 3. The van der Waals surface area contributed by atoms with Crippen LogP contribution in [0.2, 0.25) is 0 Å². The number of carboxylic acids is 1. The summed E-state index contributed by atoms with van der Waals surface area (Å²) in [5, 5.41) is 12.6. The van der Waals surface area contributed by atoms with Gasteiger partial charge in [0.1, 0.15) is 4.49 Å². The molecule has 0 atom stereocenters. The molecule has 4 nitrogen and oxygen atoms in total. The highest BCUT2D eigenvalue weighted by Crippen LogP contribution is 2.12. The van der Waals surface area contributed by atoms with Crippen molar-refractivity contribution in [1.82, 2.24) is 5.32 Å². The molecule has 0 aromatic heterocycles. The SMILES string of the molecule is O=C([O-])C(NC(=O)c1ccccc1)=C(Cl)Cl. The Morgan fingerprint density at radius 2 is 1.69 bits per heavy atom. The third kappa shape index (κ3) is 3.25. The van der Waals surface area contributed by atoms with Gasteiger partial charge in [-0.15, -0.1) is 0 Å². The smallest absolute Gasteiger partial charge is 0.255 e. The molecule has 0 fully saturated rings. The molecule has 1 aromatic rings. The third-order valence-electron chi connectivity index (χ3n) is 1.67. The van der Waals surface area contributed by atoms with E-state index in [9.17, 15) is 14.7 Å². The fourth-order valence-corrected chi connectivity index (χ4v) is 1.20. The van der Waals surface area contributed by atoms with E-state index in [-0.39, 0.29) is 5.56 Å². The van der Waals surface area contributed by atoms with Crippen LogP contribution in [0.4, 0.5) is 0 Å². The minimum Gasteiger partial charge on any atom is -0.543 e. The number of rotatable bonds is 3. The van der Waals surface area contributed by atoms with E-state index in [1.165, 1.54) is 12.1 Å². The van der Waals surface area contributed by atoms with Gasteiger partial charge in [0.25, 0.3) is 5.91 Å². The van der Waals surface area contributed by atoms with Crippen molar-refractivity contribution in [3.05, 3.63) is 46.1 Å². The lowest BCUT2D eigenvalue weighted by Gasteiger charge is -2.10. The van der Waals surface area contributed by atoms with Crippen molar-refractivity contribution in [1.29, 1.82) is 0 Å². The van der Waals surface area contributed by atoms with Crippen LogP contribution in [0.1, 0.15) is 10.4 Å². The Balaban J connectivity index is 2.87. The maximum Gasteiger partial charge on any atom is 0.255 e. The normalized spacial score (nSPS) is 9.38. The predicted molar refractivity (Wildman–Crippen MR) is 57.6 cm³/mol. The molecule has 6 heteroatoms. The molecule has 0 radical (unpaired) electrons. The molecule has 16 heavy (non-hydrogen) atoms. The molecule has 1 N–H and O–H groups in total. The quantitative estimate of drug-likeness (QED) is 0.817. The molecule has 0 saturated carbocycles. The minimum atomic E-state index is -1.65. The van der Waals surface area contributed by atoms with E-state index in [4.69, 9.17) is 23.2 Å². The molecule has 0 heterocycles. The van der Waals surface area contributed by atoms with E-state index in [0.717, 1.165) is 0 Å². The summed E-state index contributed by atoms with van der Waals surface area (Å²) in [6, 6.07) is 8.04. The third-order valence-corrected chi connectivity index (χ3v) is 2.05. The Bertz CT molecular complexity index is 439. The number of aliphatic carboxylic acids is 1. The first-order chi connectivity index (χ1) is 7.52. The molecule has 0 bridgehead atoms. The molecule has 84 valence electrons. The molecule has 1 amide bonds. The van der Waals surface area contributed by atoms with Gasteiger partial charge in [-0.3, -0.25) is 4.79 Å². The van der Waals surface area contributed by atoms with Gasteiger partial charge in [0.15, 0.2) is 0 Å². The van der Waals surface area contributed by atoms with Gasteiger partial charge in [0.05, 0.1) is 11.7 Å². The fourth-order valence-electron chi connectivity index (χ4n) is 0.951. The summed E-state index contributed by atoms with van der Waals surface area (Å²) in [4.78, 5) is 22.1. The van der Waals surface area contributed by atoms with Crippen LogP contribution in [-0.4, -0.2) is 11.9 Å². The lowest BCUT2D eigenvalue weighted by Crippen LogP contribution is -2.36. The van der Waals surface area contributed by atoms with Crippen molar-refractivity contribution < 1.29 is 14.7 Å². The number of carboxylic acid groups (broad SMARTS) is 1. The Hall–Kier alpha value is -1.52. The molecule has 1 aromatic carbocycles. The summed E-state index contributed by atoms with van der Waals surface area (Å²) in [6.07, 6.45) is 0. The summed E-state index contributed by atoms with van der Waals surface area (Å²) >= 11 is 10.6. The van der Waals surface area contributed by atoms with Crippen LogP contribution >= 0.6 is 23.2 Å². The van der Waals surface area contributed by atoms with Crippen molar-refractivity contribution in [3.63, 3.8) is 0 Å². The summed E-state index contributed by atoms with van der Waals surface area (Å²) in [5.74, 6) is -2.28. The number of halogens is 2. The number of hydrogen-bond donors (Lipinski definition) is 1. The molecule has 0 unspecified atom stereocenters. The lowest BCUT2D eigenvalue weighted by molar-refractivity contribution is -0.299. The van der Waals surface area contributed by atoms with Crippen LogP contribution in [0.15, 0.2) is 40.5 Å². The molecule has 0 aliphatic heterocycles. The molecule has 0 saturated heterocycles. The molecule has 1 rings (SSSR count). The molecule has 0 aliphatic carbocycles. The number of carbonyl (C=O) groups is 2. The highest BCUT2D eigenvalue weighted by atomic mass is 35.5. The van der Waals surface area contributed by atoms with Gasteiger partial charge in [0, 0.05) is 5.56 Å². The van der Waals surface area contributed by atoms with Gasteiger partial charge in [-0.1, -0.05) is 41.4 Å². The zero-order chi connectivity index (χ0) is 12.1. The second kappa shape index (κ2) is 5.53. The van der Waals surface area contributed by atoms with Crippen LogP contribution in [0.5, 0.6) is 0 Å². The maximum atomic E-state index is 11.5. The highest BCUT2D eigenvalue weighted by Gasteiger charge is 2.10. The first kappa shape index (κ1) is 12.5. The van der Waals surface area contributed by atoms with Crippen LogP contribution in [0.3, 0.4) is 0 Å². The zero-order valence-electron chi connectivity index (χ0n) is 7.87. The first-order valence-electron chi connectivity index (χ1n) is 4.15. The average Bonchev–Trinajstić information content (AvgIpc) is 2.25. The Morgan fingerprint density at radius 3 is 2.12 bits per heavy atom. The molecule has 0 aliphatic rings. The summed E-state index contributed by atoms with van der Waals surface area (Å²) in [7, 11) is 0. The van der Waals surface area contributed by atoms with E-state index in [1.54, 1.807) is 18.2 Å². The average molecular weight is 259 g/mol. The number of nitrogens with one attached hydrogen (secondary N) is 1. The van der Waals surface area contributed by atoms with Crippen LogP contribution < -0.4 is 10.4 Å². The van der Waals surface area contributed by atoms with Crippen LogP contribution in [0, 0.1) is 0 Å². The predicted octanol–water partition coefficient (Wildman–Crippen LogP) is 0.813. The van der Waals surface area contributed by atoms with Gasteiger partial charge >= 0.3 is 0 Å². The number of benzene rings is 1. The van der Waals surface area contributed by atoms with Gasteiger partial charge in [-0.25, -0.2) is 0 Å². The highest BCUT2D eigenvalue weighted by molar-refractivity contribution is 6.57. The van der Waals surface area contributed by atoms with Crippen molar-refractivity contribution in [2.24, 2.45) is 0 Å². The number of carbonyl (C=O) groups excluding carboxylic acids is 2. The van der Waals surface area contributed by atoms with Gasteiger partial charge in [-0.2, -0.15) is 0 Å². The summed E-state index contributed by atoms with van der Waals surface area (Å²) < 4.78 is -0.565. The van der Waals surface area contributed by atoms with Crippen molar-refractivity contribution in [2.75, 3.05) is 0 Å². The van der Waals surface area contributed by atoms with Crippen LogP contribution in [-0.2, 0) is 4.79 Å². The van der Waals surface area contributed by atoms with Crippen molar-refractivity contribution in [3.8, 4) is 0 Å². The molecule has 0 spiro atoms. The van der Waals surface area contributed by atoms with Crippen LogP contribution in [0.25, 0.3) is 0 Å². The van der Waals surface area contributed by atoms with Gasteiger partial charge in [0.2, 0.25) is 0 Å². The molecular formula is C10H6Cl2NO3-. The second-order valence-corrected chi connectivity index (χ2v) is 3.69. The Labute approximate surface area is 101 Å². The lowest BCUT2D eigenvalue weighted by atomic mass is 10.2. The molecular weight excluding hydrogens is 253 g/mol. The number of amides is 1. The Morgan fingerprint density at radius 1 is 1.12 bits per heavy atom. The first-order valence-corrected chi connectivity index (χ1v) is 4.91. The second-order valence-electron chi connectivity index (χ2n) is 2.74. The monoisotopic (exact) mass is 258 g/mol. The van der Waals surface area contributed by atoms with E-state index >= 15 is 0 Å². The maximum absolute atomic E-state index is 11.5. The van der Waals surface area contributed by atoms with Gasteiger partial charge in [-0.05, 0) is 12.1 Å². The fraction of sp³-hybridized carbons (Fsp3) is 0. The van der Waals surface area contributed by atoms with E-state index < -0.39 is 22.1 Å². The summed E-state index contributed by atoms with van der Waals surface area (Å²) in [5.41, 5.74) is -0.368. The summed E-state index contributed by atoms with van der Waals surface area (Å²) in [6.45, 7) is 0. The van der Waals surface area contributed by atoms with Crippen molar-refractivity contribution >= 4 is 35.1 Å². The zero-order valence-corrected chi connectivity index (χ0v) is 9.38. The largest absolute Gasteiger partial charge is 0.543 e. The van der Waals surface area contributed by atoms with Gasteiger partial charge < -0.3 is 15.2 Å². The minimum absolute atomic E-state index is 0.288. The van der Waals surface area contributed by atoms with Crippen molar-refractivity contribution in [2.45, 2.75) is 0 Å². The van der Waals surface area contributed by atoms with E-state index in [1.807, 2.05) is 5.32 Å². The standard InChI is InChI=1S/C10H7Cl2NO3/c11-8(12)7(10(15)16)13-9(14)6-4-2-1-3-5-6/h1-5H,(H,13,14)(H,15,16)/p-1. The Kier molecular flexibility index (Phi) is 4.34. The topological polar surface area (TPSA) is 69.2 Å².